The van der Waals surface area contributed by atoms with Gasteiger partial charge in [-0.2, -0.15) is 0 Å². The molecule has 0 N–H and O–H groups in total. The van der Waals surface area contributed by atoms with Gasteiger partial charge in [-0.25, -0.2) is 0 Å². The molecule has 2 unspecified atom stereocenters. The van der Waals surface area contributed by atoms with E-state index in [0.29, 0.717) is 12.0 Å². The second-order valence-corrected chi connectivity index (χ2v) is 6.40. The summed E-state index contributed by atoms with van der Waals surface area (Å²) in [4.78, 5) is 2.42. The summed E-state index contributed by atoms with van der Waals surface area (Å²) >= 11 is 0. The third kappa shape index (κ3) is 1.35. The van der Waals surface area contributed by atoms with E-state index in [-0.39, 0.29) is 0 Å². The van der Waals surface area contributed by atoms with Crippen LogP contribution in [0.25, 0.3) is 21.8 Å². The lowest BCUT2D eigenvalue weighted by Gasteiger charge is -2.23. The van der Waals surface area contributed by atoms with Crippen molar-refractivity contribution in [3.63, 3.8) is 0 Å². The number of likely N-dealkylation sites (N-methyl/N-ethyl adjacent to an activating group) is 1. The van der Waals surface area contributed by atoms with Gasteiger partial charge in [0, 0.05) is 47.5 Å². The van der Waals surface area contributed by atoms with Gasteiger partial charge in [0.15, 0.2) is 0 Å². The topological polar surface area (TPSA) is 8.17 Å². The Balaban J connectivity index is 1.88. The number of aromatic nitrogens is 1. The first-order valence-electron chi connectivity index (χ1n) is 7.84. The molecule has 2 aromatic carbocycles. The van der Waals surface area contributed by atoms with Crippen molar-refractivity contribution in [3.8, 4) is 0 Å². The predicted molar refractivity (Wildman–Crippen MR) is 93.6 cm³/mol. The molecule has 2 nitrogen and oxygen atoms in total. The van der Waals surface area contributed by atoms with Gasteiger partial charge in [-0.3, -0.25) is 0 Å². The van der Waals surface area contributed by atoms with Crippen LogP contribution in [-0.4, -0.2) is 17.7 Å². The normalized spacial score (nSPS) is 22.5. The maximum absolute atomic E-state index is 2.42. The first-order chi connectivity index (χ1) is 10.8. The SMILES string of the molecule is CN1c2cc3c4ccccc4n(C)c3cc2C2C=CC=CC21. The third-order valence-electron chi connectivity index (χ3n) is 5.35. The molecule has 0 bridgehead atoms. The van der Waals surface area contributed by atoms with Crippen LogP contribution in [0.3, 0.4) is 0 Å². The zero-order chi connectivity index (χ0) is 14.8. The van der Waals surface area contributed by atoms with E-state index in [1.54, 1.807) is 0 Å². The Morgan fingerprint density at radius 1 is 0.864 bits per heavy atom. The van der Waals surface area contributed by atoms with Gasteiger partial charge in [0.25, 0.3) is 0 Å². The minimum atomic E-state index is 0.461. The van der Waals surface area contributed by atoms with Crippen molar-refractivity contribution in [2.24, 2.45) is 7.05 Å². The van der Waals surface area contributed by atoms with E-state index in [0.717, 1.165) is 0 Å². The van der Waals surface area contributed by atoms with Crippen molar-refractivity contribution in [1.82, 2.24) is 4.57 Å². The largest absolute Gasteiger partial charge is 0.367 e. The molecule has 22 heavy (non-hydrogen) atoms. The van der Waals surface area contributed by atoms with Crippen LogP contribution in [0.15, 0.2) is 60.7 Å². The molecule has 0 fully saturated rings. The molecule has 1 aliphatic carbocycles. The highest BCUT2D eigenvalue weighted by molar-refractivity contribution is 6.09. The Hall–Kier alpha value is -2.48. The highest BCUT2D eigenvalue weighted by Gasteiger charge is 2.34. The monoisotopic (exact) mass is 286 g/mol. The van der Waals surface area contributed by atoms with Crippen LogP contribution < -0.4 is 4.90 Å². The molecule has 0 amide bonds. The lowest BCUT2D eigenvalue weighted by atomic mass is 9.91. The van der Waals surface area contributed by atoms with Crippen LogP contribution >= 0.6 is 0 Å². The van der Waals surface area contributed by atoms with Crippen molar-refractivity contribution in [2.45, 2.75) is 12.0 Å². The van der Waals surface area contributed by atoms with Gasteiger partial charge in [0.2, 0.25) is 0 Å². The first kappa shape index (κ1) is 12.1. The minimum absolute atomic E-state index is 0.461. The summed E-state index contributed by atoms with van der Waals surface area (Å²) in [5.74, 6) is 0.479. The van der Waals surface area contributed by atoms with Crippen LogP contribution in [0, 0.1) is 0 Å². The summed E-state index contributed by atoms with van der Waals surface area (Å²) in [6.07, 6.45) is 8.99. The van der Waals surface area contributed by atoms with Gasteiger partial charge in [-0.15, -0.1) is 0 Å². The summed E-state index contributed by atoms with van der Waals surface area (Å²) < 4.78 is 2.32. The molecule has 1 aliphatic heterocycles. The standard InChI is InChI=1S/C20H18N2/c1-21-17-9-5-3-7-13(17)15-12-20-16(11-19(15)21)14-8-4-6-10-18(14)22(20)2/h3-13,17H,1-2H3. The number of para-hydroxylation sites is 1. The molecule has 2 aliphatic rings. The molecule has 108 valence electrons. The fourth-order valence-corrected chi connectivity index (χ4v) is 4.20. The molecule has 2 heterocycles. The average molecular weight is 286 g/mol. The fraction of sp³-hybridized carbons (Fsp3) is 0.200. The van der Waals surface area contributed by atoms with Gasteiger partial charge < -0.3 is 9.47 Å². The van der Waals surface area contributed by atoms with Crippen molar-refractivity contribution in [2.75, 3.05) is 11.9 Å². The lowest BCUT2D eigenvalue weighted by Crippen LogP contribution is -2.28. The quantitative estimate of drug-likeness (QED) is 0.596. The maximum Gasteiger partial charge on any atom is 0.0577 e. The van der Waals surface area contributed by atoms with E-state index in [9.17, 15) is 0 Å². The van der Waals surface area contributed by atoms with Gasteiger partial charge in [0.1, 0.15) is 0 Å². The van der Waals surface area contributed by atoms with Crippen molar-refractivity contribution < 1.29 is 0 Å². The smallest absolute Gasteiger partial charge is 0.0577 e. The van der Waals surface area contributed by atoms with Crippen LogP contribution in [0.1, 0.15) is 11.5 Å². The Kier molecular flexibility index (Phi) is 2.22. The Morgan fingerprint density at radius 2 is 1.68 bits per heavy atom. The zero-order valence-electron chi connectivity index (χ0n) is 12.8. The molecule has 5 rings (SSSR count). The second kappa shape index (κ2) is 4.04. The van der Waals surface area contributed by atoms with E-state index in [2.05, 4.69) is 84.3 Å². The lowest BCUT2D eigenvalue weighted by molar-refractivity contribution is 0.723. The molecule has 2 heteroatoms. The molecule has 2 atom stereocenters. The minimum Gasteiger partial charge on any atom is -0.367 e. The Labute approximate surface area is 130 Å². The van der Waals surface area contributed by atoms with Crippen LogP contribution in [-0.2, 0) is 7.05 Å². The van der Waals surface area contributed by atoms with Crippen molar-refractivity contribution in [1.29, 1.82) is 0 Å². The highest BCUT2D eigenvalue weighted by atomic mass is 15.2. The van der Waals surface area contributed by atoms with Crippen LogP contribution in [0.2, 0.25) is 0 Å². The number of hydrogen-bond acceptors (Lipinski definition) is 1. The maximum atomic E-state index is 2.42. The zero-order valence-corrected chi connectivity index (χ0v) is 12.8. The van der Waals surface area contributed by atoms with Crippen LogP contribution in [0.4, 0.5) is 5.69 Å². The fourth-order valence-electron chi connectivity index (χ4n) is 4.20. The molecular formula is C20H18N2. The number of hydrogen-bond donors (Lipinski definition) is 0. The van der Waals surface area contributed by atoms with E-state index in [1.807, 2.05) is 0 Å². The number of allylic oxidation sites excluding steroid dienone is 2. The highest BCUT2D eigenvalue weighted by Crippen LogP contribution is 2.45. The first-order valence-corrected chi connectivity index (χ1v) is 7.84. The average Bonchev–Trinajstić information content (AvgIpc) is 3.01. The van der Waals surface area contributed by atoms with Gasteiger partial charge in [-0.1, -0.05) is 42.5 Å². The molecular weight excluding hydrogens is 268 g/mol. The summed E-state index contributed by atoms with van der Waals surface area (Å²) in [6.45, 7) is 0. The van der Waals surface area contributed by atoms with Crippen molar-refractivity contribution >= 4 is 27.5 Å². The van der Waals surface area contributed by atoms with Gasteiger partial charge in [-0.05, 0) is 23.8 Å². The van der Waals surface area contributed by atoms with Gasteiger partial charge >= 0.3 is 0 Å². The number of benzene rings is 2. The molecule has 3 aromatic rings. The summed E-state index contributed by atoms with van der Waals surface area (Å²) in [5.41, 5.74) is 5.46. The number of aryl methyl sites for hydroxylation is 1. The van der Waals surface area contributed by atoms with E-state index >= 15 is 0 Å². The number of fused-ring (bicyclic) bond motifs is 6. The van der Waals surface area contributed by atoms with Crippen molar-refractivity contribution in [3.05, 3.63) is 66.3 Å². The Morgan fingerprint density at radius 3 is 2.59 bits per heavy atom. The number of anilines is 1. The van der Waals surface area contributed by atoms with Gasteiger partial charge in [0.05, 0.1) is 6.04 Å². The van der Waals surface area contributed by atoms with E-state index in [4.69, 9.17) is 0 Å². The molecule has 0 saturated heterocycles. The molecule has 0 radical (unpaired) electrons. The molecule has 0 spiro atoms. The summed E-state index contributed by atoms with van der Waals surface area (Å²) in [6, 6.07) is 13.9. The predicted octanol–water partition coefficient (Wildman–Crippen LogP) is 4.36. The second-order valence-electron chi connectivity index (χ2n) is 6.40. The molecule has 0 saturated carbocycles. The summed E-state index contributed by atoms with van der Waals surface area (Å²) in [7, 11) is 4.38. The van der Waals surface area contributed by atoms with Crippen LogP contribution in [0.5, 0.6) is 0 Å². The third-order valence-corrected chi connectivity index (χ3v) is 5.35. The van der Waals surface area contributed by atoms with E-state index < -0.39 is 0 Å². The number of rotatable bonds is 0. The molecule has 1 aromatic heterocycles. The Bertz CT molecular complexity index is 974. The van der Waals surface area contributed by atoms with E-state index in [1.165, 1.54) is 33.1 Å². The number of nitrogens with zero attached hydrogens (tertiary/aromatic N) is 2. The summed E-state index contributed by atoms with van der Waals surface area (Å²) in [5, 5.41) is 2.70.